The summed E-state index contributed by atoms with van der Waals surface area (Å²) >= 11 is 0. The molecule has 0 bridgehead atoms. The molecule has 4 heteroatoms. The quantitative estimate of drug-likeness (QED) is 0.808. The zero-order valence-electron chi connectivity index (χ0n) is 9.78. The molecule has 1 aromatic heterocycles. The molecule has 3 heterocycles. The summed E-state index contributed by atoms with van der Waals surface area (Å²) in [7, 11) is 0. The van der Waals surface area contributed by atoms with Crippen LogP contribution in [-0.4, -0.2) is 28.8 Å². The van der Waals surface area contributed by atoms with Gasteiger partial charge in [0.2, 0.25) is 0 Å². The van der Waals surface area contributed by atoms with E-state index in [4.69, 9.17) is 4.74 Å². The SMILES string of the molecule is CC1OCCC1Cn1cnc2c1CCNC2. The second kappa shape index (κ2) is 4.18. The van der Waals surface area contributed by atoms with Gasteiger partial charge in [-0.3, -0.25) is 0 Å². The Morgan fingerprint density at radius 3 is 3.38 bits per heavy atom. The molecule has 2 unspecified atom stereocenters. The summed E-state index contributed by atoms with van der Waals surface area (Å²) in [5.41, 5.74) is 2.66. The molecule has 0 saturated carbocycles. The minimum absolute atomic E-state index is 0.403. The molecular weight excluding hydrogens is 202 g/mol. The van der Waals surface area contributed by atoms with Gasteiger partial charge in [-0.1, -0.05) is 0 Å². The summed E-state index contributed by atoms with van der Waals surface area (Å²) in [4.78, 5) is 4.48. The number of hydrogen-bond donors (Lipinski definition) is 1. The molecule has 0 aliphatic carbocycles. The van der Waals surface area contributed by atoms with Crippen LogP contribution in [-0.2, 0) is 24.2 Å². The Morgan fingerprint density at radius 1 is 1.62 bits per heavy atom. The molecule has 1 N–H and O–H groups in total. The van der Waals surface area contributed by atoms with Crippen LogP contribution in [0.25, 0.3) is 0 Å². The molecular formula is C12H19N3O. The second-order valence-electron chi connectivity index (χ2n) is 4.84. The van der Waals surface area contributed by atoms with Crippen molar-refractivity contribution in [1.82, 2.24) is 14.9 Å². The van der Waals surface area contributed by atoms with E-state index in [0.717, 1.165) is 32.7 Å². The van der Waals surface area contributed by atoms with Crippen LogP contribution in [0.3, 0.4) is 0 Å². The van der Waals surface area contributed by atoms with Crippen molar-refractivity contribution >= 4 is 0 Å². The van der Waals surface area contributed by atoms with E-state index in [1.807, 2.05) is 6.33 Å². The predicted octanol–water partition coefficient (Wildman–Crippen LogP) is 0.954. The highest BCUT2D eigenvalue weighted by Gasteiger charge is 2.26. The van der Waals surface area contributed by atoms with Crippen molar-refractivity contribution in [2.45, 2.75) is 39.0 Å². The first-order valence-corrected chi connectivity index (χ1v) is 6.20. The van der Waals surface area contributed by atoms with Gasteiger partial charge in [0.25, 0.3) is 0 Å². The molecule has 0 radical (unpaired) electrons. The van der Waals surface area contributed by atoms with Gasteiger partial charge in [-0.2, -0.15) is 0 Å². The first-order valence-electron chi connectivity index (χ1n) is 6.20. The fourth-order valence-corrected chi connectivity index (χ4v) is 2.72. The number of ether oxygens (including phenoxy) is 1. The lowest BCUT2D eigenvalue weighted by Crippen LogP contribution is -2.26. The molecule has 1 aromatic rings. The zero-order chi connectivity index (χ0) is 11.0. The molecule has 0 amide bonds. The van der Waals surface area contributed by atoms with E-state index >= 15 is 0 Å². The Labute approximate surface area is 96.0 Å². The first kappa shape index (κ1) is 10.3. The standard InChI is InChI=1S/C12H19N3O/c1-9-10(3-5-16-9)7-15-8-14-11-6-13-4-2-12(11)15/h8-10,13H,2-7H2,1H3. The van der Waals surface area contributed by atoms with Crippen LogP contribution in [0.5, 0.6) is 0 Å². The van der Waals surface area contributed by atoms with E-state index in [1.165, 1.54) is 17.8 Å². The molecule has 1 saturated heterocycles. The maximum absolute atomic E-state index is 5.61. The number of hydrogen-bond acceptors (Lipinski definition) is 3. The van der Waals surface area contributed by atoms with Crippen LogP contribution in [0, 0.1) is 5.92 Å². The summed E-state index contributed by atoms with van der Waals surface area (Å²) in [5, 5.41) is 3.36. The molecule has 2 aliphatic heterocycles. The molecule has 16 heavy (non-hydrogen) atoms. The van der Waals surface area contributed by atoms with Gasteiger partial charge in [-0.15, -0.1) is 0 Å². The second-order valence-corrected chi connectivity index (χ2v) is 4.84. The van der Waals surface area contributed by atoms with Gasteiger partial charge in [-0.05, 0) is 13.3 Å². The van der Waals surface area contributed by atoms with Gasteiger partial charge in [0.1, 0.15) is 0 Å². The molecule has 4 nitrogen and oxygen atoms in total. The van der Waals surface area contributed by atoms with Crippen LogP contribution in [0.1, 0.15) is 24.7 Å². The van der Waals surface area contributed by atoms with Crippen molar-refractivity contribution < 1.29 is 4.74 Å². The lowest BCUT2D eigenvalue weighted by atomic mass is 10.0. The maximum atomic E-state index is 5.61. The third-order valence-corrected chi connectivity index (χ3v) is 3.83. The third kappa shape index (κ3) is 1.76. The van der Waals surface area contributed by atoms with Crippen LogP contribution in [0.2, 0.25) is 0 Å². The average Bonchev–Trinajstić information content (AvgIpc) is 2.88. The van der Waals surface area contributed by atoms with E-state index in [2.05, 4.69) is 21.8 Å². The highest BCUT2D eigenvalue weighted by atomic mass is 16.5. The summed E-state index contributed by atoms with van der Waals surface area (Å²) in [6.07, 6.45) is 4.70. The molecule has 0 aromatic carbocycles. The normalized spacial score (nSPS) is 29.3. The summed E-state index contributed by atoms with van der Waals surface area (Å²) in [6, 6.07) is 0. The van der Waals surface area contributed by atoms with E-state index in [0.29, 0.717) is 12.0 Å². The van der Waals surface area contributed by atoms with Crippen molar-refractivity contribution in [2.75, 3.05) is 13.2 Å². The highest BCUT2D eigenvalue weighted by molar-refractivity contribution is 5.16. The Morgan fingerprint density at radius 2 is 2.56 bits per heavy atom. The number of nitrogens with zero attached hydrogens (tertiary/aromatic N) is 2. The van der Waals surface area contributed by atoms with Gasteiger partial charge >= 0.3 is 0 Å². The minimum atomic E-state index is 0.403. The van der Waals surface area contributed by atoms with Crippen molar-refractivity contribution in [3.05, 3.63) is 17.7 Å². The molecule has 2 aliphatic rings. The highest BCUT2D eigenvalue weighted by Crippen LogP contribution is 2.24. The zero-order valence-corrected chi connectivity index (χ0v) is 9.78. The Kier molecular flexibility index (Phi) is 2.69. The van der Waals surface area contributed by atoms with Crippen molar-refractivity contribution in [3.63, 3.8) is 0 Å². The van der Waals surface area contributed by atoms with Gasteiger partial charge in [0, 0.05) is 44.3 Å². The molecule has 3 rings (SSSR count). The van der Waals surface area contributed by atoms with Crippen molar-refractivity contribution in [3.8, 4) is 0 Å². The van der Waals surface area contributed by atoms with Gasteiger partial charge < -0.3 is 14.6 Å². The van der Waals surface area contributed by atoms with Crippen LogP contribution in [0.15, 0.2) is 6.33 Å². The Balaban J connectivity index is 1.76. The third-order valence-electron chi connectivity index (χ3n) is 3.83. The van der Waals surface area contributed by atoms with E-state index < -0.39 is 0 Å². The van der Waals surface area contributed by atoms with E-state index in [-0.39, 0.29) is 0 Å². The Bertz CT molecular complexity index is 374. The van der Waals surface area contributed by atoms with Gasteiger partial charge in [0.05, 0.1) is 18.1 Å². The number of fused-ring (bicyclic) bond motifs is 1. The number of nitrogens with one attached hydrogen (secondary N) is 1. The van der Waals surface area contributed by atoms with E-state index in [9.17, 15) is 0 Å². The Hall–Kier alpha value is -0.870. The lowest BCUT2D eigenvalue weighted by molar-refractivity contribution is 0.101. The van der Waals surface area contributed by atoms with Crippen LogP contribution in [0.4, 0.5) is 0 Å². The fourth-order valence-electron chi connectivity index (χ4n) is 2.72. The van der Waals surface area contributed by atoms with E-state index in [1.54, 1.807) is 0 Å². The predicted molar refractivity (Wildman–Crippen MR) is 61.2 cm³/mol. The number of rotatable bonds is 2. The van der Waals surface area contributed by atoms with Gasteiger partial charge in [-0.25, -0.2) is 4.98 Å². The average molecular weight is 221 g/mol. The van der Waals surface area contributed by atoms with Crippen LogP contribution < -0.4 is 5.32 Å². The molecule has 88 valence electrons. The van der Waals surface area contributed by atoms with Crippen molar-refractivity contribution in [1.29, 1.82) is 0 Å². The topological polar surface area (TPSA) is 39.1 Å². The first-order chi connectivity index (χ1) is 7.84. The maximum Gasteiger partial charge on any atom is 0.0952 e. The number of aromatic nitrogens is 2. The minimum Gasteiger partial charge on any atom is -0.378 e. The lowest BCUT2D eigenvalue weighted by Gasteiger charge is -2.19. The number of imidazole rings is 1. The summed E-state index contributed by atoms with van der Waals surface area (Å²) in [6.45, 7) is 6.19. The molecule has 0 spiro atoms. The largest absolute Gasteiger partial charge is 0.378 e. The summed E-state index contributed by atoms with van der Waals surface area (Å²) < 4.78 is 7.95. The summed E-state index contributed by atoms with van der Waals surface area (Å²) in [5.74, 6) is 0.660. The van der Waals surface area contributed by atoms with Gasteiger partial charge in [0.15, 0.2) is 0 Å². The smallest absolute Gasteiger partial charge is 0.0952 e. The monoisotopic (exact) mass is 221 g/mol. The van der Waals surface area contributed by atoms with Crippen LogP contribution >= 0.6 is 0 Å². The van der Waals surface area contributed by atoms with Crippen molar-refractivity contribution in [2.24, 2.45) is 5.92 Å². The molecule has 1 fully saturated rings. The fraction of sp³-hybridized carbons (Fsp3) is 0.750. The molecule has 2 atom stereocenters.